The van der Waals surface area contributed by atoms with Crippen LogP contribution in [0.2, 0.25) is 10.0 Å². The van der Waals surface area contributed by atoms with Gasteiger partial charge in [0.25, 0.3) is 0 Å². The van der Waals surface area contributed by atoms with E-state index < -0.39 is 11.8 Å². The van der Waals surface area contributed by atoms with E-state index in [1.165, 1.54) is 0 Å². The third-order valence-corrected chi connectivity index (χ3v) is 6.57. The molecule has 3 atom stereocenters. The summed E-state index contributed by atoms with van der Waals surface area (Å²) in [4.78, 5) is 27.3. The fourth-order valence-electron chi connectivity index (χ4n) is 4.48. The van der Waals surface area contributed by atoms with Gasteiger partial charge < -0.3 is 4.90 Å². The molecule has 2 amide bonds. The Morgan fingerprint density at radius 1 is 1.07 bits per heavy atom. The number of amides is 2. The molecule has 30 heavy (non-hydrogen) atoms. The maximum Gasteiger partial charge on any atom is 0.244 e. The predicted molar refractivity (Wildman–Crippen MR) is 115 cm³/mol. The van der Waals surface area contributed by atoms with Gasteiger partial charge in [-0.1, -0.05) is 47.5 Å². The molecular weight excluding hydrogens is 423 g/mol. The minimum Gasteiger partial charge on any atom is -0.335 e. The first-order chi connectivity index (χ1) is 14.5. The van der Waals surface area contributed by atoms with E-state index in [0.29, 0.717) is 28.9 Å². The van der Waals surface area contributed by atoms with Crippen LogP contribution in [0.1, 0.15) is 48.8 Å². The quantitative estimate of drug-likeness (QED) is 0.485. The van der Waals surface area contributed by atoms with Crippen LogP contribution in [-0.2, 0) is 9.59 Å². The van der Waals surface area contributed by atoms with Crippen LogP contribution in [-0.4, -0.2) is 28.5 Å². The molecule has 2 aromatic rings. The second-order valence-corrected chi connectivity index (χ2v) is 9.14. The Hall–Kier alpha value is -2.08. The van der Waals surface area contributed by atoms with Crippen molar-refractivity contribution in [2.75, 3.05) is 6.54 Å². The molecule has 7 heteroatoms. The van der Waals surface area contributed by atoms with Gasteiger partial charge in [-0.2, -0.15) is 0 Å². The van der Waals surface area contributed by atoms with Crippen LogP contribution >= 0.6 is 23.2 Å². The lowest BCUT2D eigenvalue weighted by atomic mass is 9.74. The molecule has 2 aliphatic rings. The van der Waals surface area contributed by atoms with Crippen LogP contribution in [0.3, 0.4) is 0 Å². The van der Waals surface area contributed by atoms with Crippen LogP contribution in [0.15, 0.2) is 48.5 Å². The maximum absolute atomic E-state index is 13.4. The fraction of sp³-hybridized carbons (Fsp3) is 0.391. The summed E-state index contributed by atoms with van der Waals surface area (Å²) in [5.74, 6) is -0.617. The van der Waals surface area contributed by atoms with Gasteiger partial charge in [0.15, 0.2) is 0 Å². The van der Waals surface area contributed by atoms with Gasteiger partial charge in [-0.15, -0.1) is 0 Å². The van der Waals surface area contributed by atoms with Crippen molar-refractivity contribution in [2.24, 2.45) is 11.8 Å². The number of piperidine rings is 1. The third kappa shape index (κ3) is 4.64. The summed E-state index contributed by atoms with van der Waals surface area (Å²) in [6, 6.07) is 15.2. The normalized spacial score (nSPS) is 24.0. The van der Waals surface area contributed by atoms with Crippen LogP contribution in [0.25, 0.3) is 0 Å². The lowest BCUT2D eigenvalue weighted by Gasteiger charge is -2.45. The van der Waals surface area contributed by atoms with Crippen LogP contribution < -0.4 is 5.48 Å². The number of rotatable bonds is 6. The monoisotopic (exact) mass is 446 g/mol. The first-order valence-electron chi connectivity index (χ1n) is 10.2. The summed E-state index contributed by atoms with van der Waals surface area (Å²) < 4.78 is 0. The van der Waals surface area contributed by atoms with Crippen molar-refractivity contribution in [3.05, 3.63) is 69.7 Å². The molecule has 1 aliphatic carbocycles. The van der Waals surface area contributed by atoms with Gasteiger partial charge in [0.1, 0.15) is 0 Å². The average molecular weight is 447 g/mol. The van der Waals surface area contributed by atoms with Crippen molar-refractivity contribution >= 4 is 35.0 Å². The summed E-state index contributed by atoms with van der Waals surface area (Å²) in [5, 5.41) is 10.3. The molecule has 1 saturated heterocycles. The van der Waals surface area contributed by atoms with Gasteiger partial charge in [-0.3, -0.25) is 14.8 Å². The summed E-state index contributed by atoms with van der Waals surface area (Å²) in [7, 11) is 0. The van der Waals surface area contributed by atoms with Crippen LogP contribution in [0.5, 0.6) is 0 Å². The van der Waals surface area contributed by atoms with E-state index >= 15 is 0 Å². The minimum atomic E-state index is -0.547. The number of hydrogen-bond acceptors (Lipinski definition) is 3. The smallest absolute Gasteiger partial charge is 0.244 e. The number of hydroxylamine groups is 1. The van der Waals surface area contributed by atoms with Crippen molar-refractivity contribution in [2.45, 2.75) is 37.6 Å². The van der Waals surface area contributed by atoms with E-state index in [4.69, 9.17) is 28.4 Å². The van der Waals surface area contributed by atoms with E-state index in [1.807, 2.05) is 53.4 Å². The van der Waals surface area contributed by atoms with Gasteiger partial charge in [-0.05, 0) is 60.6 Å². The molecule has 1 heterocycles. The van der Waals surface area contributed by atoms with E-state index in [9.17, 15) is 9.59 Å². The molecule has 1 aliphatic heterocycles. The number of carbonyl (C=O) groups is 2. The Morgan fingerprint density at radius 3 is 2.43 bits per heavy atom. The SMILES string of the molecule is O=C(CC1CC(c2cccc(Cl)c2)C(c2ccc(Cl)cc2)N(CC2CC2)C1=O)NO. The first-order valence-corrected chi connectivity index (χ1v) is 11.0. The van der Waals surface area contributed by atoms with Gasteiger partial charge in [0.2, 0.25) is 11.8 Å². The number of carbonyl (C=O) groups excluding carboxylic acids is 2. The molecule has 2 aromatic carbocycles. The number of nitrogens with one attached hydrogen (secondary N) is 1. The van der Waals surface area contributed by atoms with E-state index in [2.05, 4.69) is 0 Å². The van der Waals surface area contributed by atoms with Crippen molar-refractivity contribution in [3.63, 3.8) is 0 Å². The molecule has 3 unspecified atom stereocenters. The second kappa shape index (κ2) is 8.96. The zero-order valence-electron chi connectivity index (χ0n) is 16.4. The summed E-state index contributed by atoms with van der Waals surface area (Å²) in [6.07, 6.45) is 2.68. The second-order valence-electron chi connectivity index (χ2n) is 8.26. The van der Waals surface area contributed by atoms with E-state index in [0.717, 1.165) is 24.0 Å². The molecule has 0 aromatic heterocycles. The molecule has 158 valence electrons. The van der Waals surface area contributed by atoms with Crippen molar-refractivity contribution in [3.8, 4) is 0 Å². The van der Waals surface area contributed by atoms with Crippen LogP contribution in [0.4, 0.5) is 0 Å². The van der Waals surface area contributed by atoms with Crippen molar-refractivity contribution < 1.29 is 14.8 Å². The standard InChI is InChI=1S/C23H24Cl2N2O3/c24-18-8-6-15(7-9-18)22-20(16-2-1-3-19(25)10-16)11-17(12-21(28)26-30)23(29)27(22)13-14-4-5-14/h1-3,6-10,14,17,20,22,30H,4-5,11-13H2,(H,26,28). The lowest BCUT2D eigenvalue weighted by Crippen LogP contribution is -2.48. The molecule has 2 fully saturated rings. The number of halogens is 2. The Bertz CT molecular complexity index is 930. The summed E-state index contributed by atoms with van der Waals surface area (Å²) in [5.41, 5.74) is 3.72. The zero-order valence-corrected chi connectivity index (χ0v) is 17.9. The van der Waals surface area contributed by atoms with Crippen molar-refractivity contribution in [1.29, 1.82) is 0 Å². The summed E-state index contributed by atoms with van der Waals surface area (Å²) in [6.45, 7) is 0.667. The average Bonchev–Trinajstić information content (AvgIpc) is 3.55. The van der Waals surface area contributed by atoms with Gasteiger partial charge in [0.05, 0.1) is 6.04 Å². The predicted octanol–water partition coefficient (Wildman–Crippen LogP) is 4.97. The largest absolute Gasteiger partial charge is 0.335 e. The summed E-state index contributed by atoms with van der Waals surface area (Å²) >= 11 is 12.4. The highest BCUT2D eigenvalue weighted by atomic mass is 35.5. The minimum absolute atomic E-state index is 0.0298. The molecule has 5 nitrogen and oxygen atoms in total. The number of hydrogen-bond donors (Lipinski definition) is 2. The molecule has 0 bridgehead atoms. The number of benzene rings is 2. The first kappa shape index (κ1) is 21.2. The van der Waals surface area contributed by atoms with E-state index in [-0.39, 0.29) is 24.3 Å². The molecular formula is C23H24Cl2N2O3. The molecule has 4 rings (SSSR count). The molecule has 0 spiro atoms. The van der Waals surface area contributed by atoms with Gasteiger partial charge in [0, 0.05) is 34.8 Å². The Labute approximate surface area is 185 Å². The maximum atomic E-state index is 13.4. The Balaban J connectivity index is 1.77. The highest BCUT2D eigenvalue weighted by molar-refractivity contribution is 6.30. The van der Waals surface area contributed by atoms with Crippen molar-refractivity contribution in [1.82, 2.24) is 10.4 Å². The Morgan fingerprint density at radius 2 is 1.80 bits per heavy atom. The molecule has 0 radical (unpaired) electrons. The topological polar surface area (TPSA) is 69.6 Å². The highest BCUT2D eigenvalue weighted by Crippen LogP contribution is 2.48. The number of likely N-dealkylation sites (tertiary alicyclic amines) is 1. The lowest BCUT2D eigenvalue weighted by molar-refractivity contribution is -0.147. The zero-order chi connectivity index (χ0) is 21.3. The van der Waals surface area contributed by atoms with E-state index in [1.54, 1.807) is 5.48 Å². The number of nitrogens with zero attached hydrogens (tertiary/aromatic N) is 1. The molecule has 1 saturated carbocycles. The third-order valence-electron chi connectivity index (χ3n) is 6.08. The molecule has 2 N–H and O–H groups in total. The van der Waals surface area contributed by atoms with Gasteiger partial charge in [-0.25, -0.2) is 5.48 Å². The Kier molecular flexibility index (Phi) is 6.32. The highest BCUT2D eigenvalue weighted by Gasteiger charge is 2.45. The van der Waals surface area contributed by atoms with Gasteiger partial charge >= 0.3 is 0 Å². The fourth-order valence-corrected chi connectivity index (χ4v) is 4.80. The van der Waals surface area contributed by atoms with Crippen LogP contribution in [0, 0.1) is 11.8 Å².